The lowest BCUT2D eigenvalue weighted by Crippen LogP contribution is -2.33. The van der Waals surface area contributed by atoms with E-state index >= 15 is 0 Å². The van der Waals surface area contributed by atoms with Crippen molar-refractivity contribution in [2.45, 2.75) is 52.5 Å². The number of carbonyl (C=O) groups is 1. The highest BCUT2D eigenvalue weighted by Gasteiger charge is 2.24. The van der Waals surface area contributed by atoms with Gasteiger partial charge in [-0.25, -0.2) is 14.4 Å². The molecule has 2 aliphatic heterocycles. The maximum Gasteiger partial charge on any atom is 0.274 e. The van der Waals surface area contributed by atoms with Crippen LogP contribution >= 0.6 is 11.3 Å². The van der Waals surface area contributed by atoms with Gasteiger partial charge in [0, 0.05) is 44.1 Å². The van der Waals surface area contributed by atoms with Crippen LogP contribution in [0.25, 0.3) is 16.6 Å². The van der Waals surface area contributed by atoms with Gasteiger partial charge in [0.15, 0.2) is 0 Å². The smallest absolute Gasteiger partial charge is 0.274 e. The van der Waals surface area contributed by atoms with Crippen molar-refractivity contribution in [1.82, 2.24) is 24.8 Å². The molecule has 4 heterocycles. The highest BCUT2D eigenvalue weighted by Crippen LogP contribution is 2.32. The Labute approximate surface area is 254 Å². The summed E-state index contributed by atoms with van der Waals surface area (Å²) in [5.74, 6) is 0.384. The number of nitrogens with zero attached hydrogens (tertiary/aromatic N) is 5. The maximum atomic E-state index is 14.2. The molecule has 0 saturated carbocycles. The van der Waals surface area contributed by atoms with E-state index in [1.54, 1.807) is 25.4 Å². The maximum absolute atomic E-state index is 14.2. The minimum Gasteiger partial charge on any atom is -0.465 e. The Morgan fingerprint density at radius 2 is 2.12 bits per heavy atom. The molecule has 9 nitrogen and oxygen atoms in total. The van der Waals surface area contributed by atoms with Gasteiger partial charge in [0.2, 0.25) is 0 Å². The summed E-state index contributed by atoms with van der Waals surface area (Å²) >= 11 is 1.45. The number of thiazole rings is 1. The van der Waals surface area contributed by atoms with Gasteiger partial charge in [-0.1, -0.05) is 37.3 Å². The fraction of sp³-hybridized carbons (Fsp3) is 0.375. The summed E-state index contributed by atoms with van der Waals surface area (Å²) in [5.41, 5.74) is 4.31. The second-order valence-electron chi connectivity index (χ2n) is 10.1. The van der Waals surface area contributed by atoms with Crippen molar-refractivity contribution in [2.75, 3.05) is 26.7 Å². The average molecular weight is 603 g/mol. The van der Waals surface area contributed by atoms with Crippen molar-refractivity contribution in [2.24, 2.45) is 0 Å². The first-order valence-corrected chi connectivity index (χ1v) is 15.3. The third-order valence-electron chi connectivity index (χ3n) is 7.49. The molecule has 0 radical (unpaired) electrons. The molecular weight excluding hydrogens is 567 g/mol. The zero-order chi connectivity index (χ0) is 30.3. The Morgan fingerprint density at radius 3 is 2.79 bits per heavy atom. The number of ether oxygens (including phenoxy) is 2. The summed E-state index contributed by atoms with van der Waals surface area (Å²) in [7, 11) is 1.63. The molecule has 1 fully saturated rings. The number of hydrogen-bond acceptors (Lipinski definition) is 8. The molecule has 1 atom stereocenters. The summed E-state index contributed by atoms with van der Waals surface area (Å²) in [6, 6.07) is 11.9. The van der Waals surface area contributed by atoms with Crippen molar-refractivity contribution in [3.8, 4) is 11.3 Å². The minimum atomic E-state index is -0.462. The van der Waals surface area contributed by atoms with Crippen LogP contribution in [-0.4, -0.2) is 58.2 Å². The van der Waals surface area contributed by atoms with Crippen molar-refractivity contribution < 1.29 is 18.7 Å². The Kier molecular flexibility index (Phi) is 9.82. The van der Waals surface area contributed by atoms with Gasteiger partial charge in [0.05, 0.1) is 46.7 Å². The van der Waals surface area contributed by atoms with E-state index in [0.29, 0.717) is 29.4 Å². The Balaban J connectivity index is 0.00000180. The van der Waals surface area contributed by atoms with Crippen LogP contribution in [0.2, 0.25) is 0 Å². The summed E-state index contributed by atoms with van der Waals surface area (Å²) in [6.07, 6.45) is 6.07. The van der Waals surface area contributed by atoms with E-state index in [4.69, 9.17) is 19.7 Å². The van der Waals surface area contributed by atoms with Gasteiger partial charge < -0.3 is 19.4 Å². The van der Waals surface area contributed by atoms with Crippen LogP contribution in [0.1, 0.15) is 58.9 Å². The van der Waals surface area contributed by atoms with E-state index in [1.165, 1.54) is 23.0 Å². The van der Waals surface area contributed by atoms with Gasteiger partial charge in [-0.3, -0.25) is 9.69 Å². The van der Waals surface area contributed by atoms with Crippen LogP contribution < -0.4 is 10.1 Å². The van der Waals surface area contributed by atoms with Gasteiger partial charge in [0.1, 0.15) is 18.2 Å². The van der Waals surface area contributed by atoms with Crippen LogP contribution in [-0.2, 0) is 24.4 Å². The minimum absolute atomic E-state index is 0.0504. The predicted molar refractivity (Wildman–Crippen MR) is 164 cm³/mol. The lowest BCUT2D eigenvalue weighted by molar-refractivity contribution is -0.0591. The summed E-state index contributed by atoms with van der Waals surface area (Å²) in [5, 5.41) is 12.1. The van der Waals surface area contributed by atoms with E-state index in [9.17, 15) is 9.18 Å². The number of nitriles is 1. The first kappa shape index (κ1) is 30.4. The Bertz CT molecular complexity index is 1670. The van der Waals surface area contributed by atoms with Crippen LogP contribution in [0.15, 0.2) is 48.7 Å². The van der Waals surface area contributed by atoms with Crippen molar-refractivity contribution in [3.63, 3.8) is 0 Å². The quantitative estimate of drug-likeness (QED) is 0.268. The lowest BCUT2D eigenvalue weighted by Gasteiger charge is -2.29. The summed E-state index contributed by atoms with van der Waals surface area (Å²) in [6.45, 7) is 7.87. The second-order valence-corrected chi connectivity index (χ2v) is 11.1. The van der Waals surface area contributed by atoms with Crippen molar-refractivity contribution >= 4 is 33.9 Å². The number of halogens is 1. The monoisotopic (exact) mass is 602 g/mol. The number of imidazole rings is 1. The molecule has 0 aliphatic carbocycles. The molecule has 2 aliphatic rings. The van der Waals surface area contributed by atoms with Crippen LogP contribution in [0.5, 0.6) is 5.19 Å². The highest BCUT2D eigenvalue weighted by atomic mass is 32.1. The van der Waals surface area contributed by atoms with Gasteiger partial charge in [0.25, 0.3) is 11.1 Å². The molecule has 4 aromatic rings. The van der Waals surface area contributed by atoms with Gasteiger partial charge >= 0.3 is 0 Å². The number of carbonyl (C=O) groups excluding carboxylic acids is 1. The first-order chi connectivity index (χ1) is 21.0. The fourth-order valence-electron chi connectivity index (χ4n) is 5.04. The molecule has 1 N–H and O–H groups in total. The number of aromatic nitrogens is 3. The number of nitrogens with one attached hydrogen (secondary N) is 1. The molecule has 1 unspecified atom stereocenters. The van der Waals surface area contributed by atoms with Gasteiger partial charge in [-0.2, -0.15) is 5.26 Å². The van der Waals surface area contributed by atoms with E-state index in [-0.39, 0.29) is 24.2 Å². The number of benzene rings is 2. The molecule has 224 valence electrons. The van der Waals surface area contributed by atoms with Gasteiger partial charge in [-0.05, 0) is 48.7 Å². The molecule has 0 spiro atoms. The molecule has 0 bridgehead atoms. The predicted octanol–water partition coefficient (Wildman–Crippen LogP) is 5.55. The second kappa shape index (κ2) is 13.9. The van der Waals surface area contributed by atoms with E-state index < -0.39 is 5.82 Å². The molecule has 2 aromatic heterocycles. The highest BCUT2D eigenvalue weighted by molar-refractivity contribution is 7.14. The molecular formula is C32H35FN6O3S. The zero-order valence-electron chi connectivity index (χ0n) is 24.6. The Morgan fingerprint density at radius 1 is 1.28 bits per heavy atom. The lowest BCUT2D eigenvalue weighted by atomic mass is 10.1. The normalized spacial score (nSPS) is 16.4. The number of rotatable bonds is 9. The molecule has 43 heavy (non-hydrogen) atoms. The molecule has 2 aromatic carbocycles. The number of fused-ring (bicyclic) bond motifs is 1. The average Bonchev–Trinajstić information content (AvgIpc) is 3.63. The van der Waals surface area contributed by atoms with E-state index in [2.05, 4.69) is 25.8 Å². The third-order valence-corrected chi connectivity index (χ3v) is 8.47. The van der Waals surface area contributed by atoms with Crippen LogP contribution in [0.4, 0.5) is 4.39 Å². The standard InChI is InChI=1S/C30H29FN6O3S.C2H6/c1-33-29(38)21-4-5-25-26(13-21)37(16-23-8-11-39-23)28(35-25)17-36-9-6-20(7-10-36)27-15-34-30(41-27)40-18-22-3-2-19(14-32)12-24(22)31;1-2/h2-6,12-13,15,23H,7-11,16-18H2,1H3,(H,33,38);1-2H3. The topological polar surface area (TPSA) is 105 Å². The first-order valence-electron chi connectivity index (χ1n) is 14.5. The van der Waals surface area contributed by atoms with E-state index in [0.717, 1.165) is 54.3 Å². The van der Waals surface area contributed by atoms with Crippen molar-refractivity contribution in [3.05, 3.63) is 81.9 Å². The van der Waals surface area contributed by atoms with Gasteiger partial charge in [-0.15, -0.1) is 0 Å². The van der Waals surface area contributed by atoms with Crippen LogP contribution in [0, 0.1) is 17.1 Å². The summed E-state index contributed by atoms with van der Waals surface area (Å²) in [4.78, 5) is 25.0. The third kappa shape index (κ3) is 6.94. The molecule has 11 heteroatoms. The Hall–Kier alpha value is -4.11. The molecule has 1 amide bonds. The van der Waals surface area contributed by atoms with E-state index in [1.807, 2.05) is 38.1 Å². The molecule has 1 saturated heterocycles. The molecule has 6 rings (SSSR count). The number of amides is 1. The fourth-order valence-corrected chi connectivity index (χ4v) is 5.87. The summed E-state index contributed by atoms with van der Waals surface area (Å²) < 4.78 is 27.8. The van der Waals surface area contributed by atoms with Crippen LogP contribution in [0.3, 0.4) is 0 Å². The SMILES string of the molecule is CC.CNC(=O)c1ccc2nc(CN3CC=C(c4cnc(OCc5ccc(C#N)cc5F)s4)CC3)n(CC3CCO3)c2c1. The largest absolute Gasteiger partial charge is 0.465 e. The zero-order valence-corrected chi connectivity index (χ0v) is 25.4. The number of hydrogen-bond donors (Lipinski definition) is 1. The van der Waals surface area contributed by atoms with Crippen molar-refractivity contribution in [1.29, 1.82) is 5.26 Å².